The second kappa shape index (κ2) is 8.46. The highest BCUT2D eigenvalue weighted by molar-refractivity contribution is 6.02. The van der Waals surface area contributed by atoms with Crippen LogP contribution in [0.3, 0.4) is 0 Å². The summed E-state index contributed by atoms with van der Waals surface area (Å²) < 4.78 is 23.0. The maximum Gasteiger partial charge on any atom is 0.214 e. The van der Waals surface area contributed by atoms with Crippen LogP contribution in [0.5, 0.6) is 23.0 Å². The first-order valence-corrected chi connectivity index (χ1v) is 10.8. The van der Waals surface area contributed by atoms with Crippen molar-refractivity contribution in [3.8, 4) is 23.0 Å². The van der Waals surface area contributed by atoms with Gasteiger partial charge < -0.3 is 18.9 Å². The van der Waals surface area contributed by atoms with Crippen molar-refractivity contribution in [3.05, 3.63) is 83.4 Å². The van der Waals surface area contributed by atoms with Crippen molar-refractivity contribution >= 4 is 5.71 Å². The third kappa shape index (κ3) is 3.51. The van der Waals surface area contributed by atoms with Gasteiger partial charge in [0.05, 0.1) is 32.6 Å². The van der Waals surface area contributed by atoms with Crippen LogP contribution in [0.2, 0.25) is 0 Å². The van der Waals surface area contributed by atoms with Gasteiger partial charge in [-0.3, -0.25) is 0 Å². The highest BCUT2D eigenvalue weighted by Gasteiger charge is 2.42. The minimum Gasteiger partial charge on any atom is -0.497 e. The third-order valence-electron chi connectivity index (χ3n) is 5.90. The number of methoxy groups -OCH3 is 2. The fourth-order valence-corrected chi connectivity index (χ4v) is 4.32. The van der Waals surface area contributed by atoms with Gasteiger partial charge in [-0.15, -0.1) is 0 Å². The van der Waals surface area contributed by atoms with Crippen LogP contribution < -0.4 is 18.9 Å². The number of fused-ring (bicyclic) bond motifs is 3. The Kier molecular flexibility index (Phi) is 5.35. The van der Waals surface area contributed by atoms with Gasteiger partial charge in [-0.05, 0) is 67.1 Å². The molecule has 0 unspecified atom stereocenters. The smallest absolute Gasteiger partial charge is 0.214 e. The first-order valence-electron chi connectivity index (χ1n) is 10.8. The zero-order valence-corrected chi connectivity index (χ0v) is 18.4. The van der Waals surface area contributed by atoms with Crippen LogP contribution in [-0.4, -0.2) is 31.5 Å². The molecule has 5 rings (SSSR count). The molecule has 0 fully saturated rings. The van der Waals surface area contributed by atoms with Crippen molar-refractivity contribution in [2.45, 2.75) is 25.6 Å². The summed E-state index contributed by atoms with van der Waals surface area (Å²) in [6.45, 7) is 2.63. The Hall–Kier alpha value is -3.67. The van der Waals surface area contributed by atoms with Crippen LogP contribution in [0, 0.1) is 0 Å². The number of rotatable bonds is 6. The highest BCUT2D eigenvalue weighted by atomic mass is 16.5. The molecule has 0 saturated heterocycles. The van der Waals surface area contributed by atoms with Crippen molar-refractivity contribution in [1.29, 1.82) is 0 Å². The fraction of sp³-hybridized carbons (Fsp3) is 0.269. The molecule has 0 amide bonds. The molecule has 2 aliphatic rings. The molecular weight excluding hydrogens is 404 g/mol. The Morgan fingerprint density at radius 3 is 2.38 bits per heavy atom. The summed E-state index contributed by atoms with van der Waals surface area (Å²) in [4.78, 5) is 0. The van der Waals surface area contributed by atoms with E-state index in [0.717, 1.165) is 51.8 Å². The van der Waals surface area contributed by atoms with Gasteiger partial charge in [-0.1, -0.05) is 12.1 Å². The Morgan fingerprint density at radius 1 is 0.938 bits per heavy atom. The van der Waals surface area contributed by atoms with Crippen LogP contribution >= 0.6 is 0 Å². The van der Waals surface area contributed by atoms with Crippen LogP contribution in [0.15, 0.2) is 71.8 Å². The molecule has 32 heavy (non-hydrogen) atoms. The molecule has 0 aliphatic carbocycles. The predicted molar refractivity (Wildman–Crippen MR) is 123 cm³/mol. The van der Waals surface area contributed by atoms with E-state index in [2.05, 4.69) is 23.2 Å². The molecule has 0 saturated carbocycles. The number of benzene rings is 3. The monoisotopic (exact) mass is 430 g/mol. The van der Waals surface area contributed by atoms with Gasteiger partial charge in [0.25, 0.3) is 0 Å². The topological polar surface area (TPSA) is 52.5 Å². The highest BCUT2D eigenvalue weighted by Crippen LogP contribution is 2.50. The maximum absolute atomic E-state index is 6.50. The number of hydrogen-bond acceptors (Lipinski definition) is 6. The third-order valence-corrected chi connectivity index (χ3v) is 5.90. The molecule has 6 nitrogen and oxygen atoms in total. The van der Waals surface area contributed by atoms with Crippen molar-refractivity contribution in [2.24, 2.45) is 5.10 Å². The van der Waals surface area contributed by atoms with Crippen LogP contribution in [0.1, 0.15) is 42.3 Å². The number of nitrogens with zero attached hydrogens (tertiary/aromatic N) is 2. The molecule has 0 spiro atoms. The summed E-state index contributed by atoms with van der Waals surface area (Å²) in [7, 11) is 3.33. The summed E-state index contributed by atoms with van der Waals surface area (Å²) in [5.74, 6) is 3.18. The van der Waals surface area contributed by atoms with Gasteiger partial charge >= 0.3 is 0 Å². The number of ether oxygens (including phenoxy) is 4. The van der Waals surface area contributed by atoms with E-state index in [9.17, 15) is 0 Å². The van der Waals surface area contributed by atoms with E-state index in [1.54, 1.807) is 14.2 Å². The first kappa shape index (κ1) is 20.2. The zero-order valence-electron chi connectivity index (χ0n) is 18.4. The van der Waals surface area contributed by atoms with E-state index in [4.69, 9.17) is 24.0 Å². The van der Waals surface area contributed by atoms with Gasteiger partial charge in [0.2, 0.25) is 6.23 Å². The molecule has 0 N–H and O–H groups in total. The van der Waals surface area contributed by atoms with Crippen molar-refractivity contribution in [1.82, 2.24) is 5.01 Å². The van der Waals surface area contributed by atoms with Crippen LogP contribution in [-0.2, 0) is 0 Å². The standard InChI is InChI=1S/C26H26N2O4/c1-4-31-20-14-8-17(9-15-20)22-16-23-21-6-5-7-24(30-3)25(21)32-26(28(23)27-22)18-10-12-19(29-2)13-11-18/h5-15,23,26H,4,16H2,1-3H3/t23-,26+/m1/s1. The molecule has 164 valence electrons. The number of hydrazone groups is 1. The second-order valence-electron chi connectivity index (χ2n) is 7.73. The van der Waals surface area contributed by atoms with Gasteiger partial charge in [0.1, 0.15) is 11.5 Å². The van der Waals surface area contributed by atoms with Gasteiger partial charge in [0, 0.05) is 17.5 Å². The predicted octanol–water partition coefficient (Wildman–Crippen LogP) is 5.34. The summed E-state index contributed by atoms with van der Waals surface area (Å²) in [5.41, 5.74) is 4.19. The summed E-state index contributed by atoms with van der Waals surface area (Å²) in [6.07, 6.45) is 0.416. The van der Waals surface area contributed by atoms with E-state index < -0.39 is 0 Å². The molecule has 0 bridgehead atoms. The molecule has 2 atom stereocenters. The molecule has 2 heterocycles. The van der Waals surface area contributed by atoms with E-state index >= 15 is 0 Å². The Morgan fingerprint density at radius 2 is 1.69 bits per heavy atom. The van der Waals surface area contributed by atoms with Gasteiger partial charge in [-0.2, -0.15) is 5.10 Å². The summed E-state index contributed by atoms with van der Waals surface area (Å²) in [6, 6.07) is 22.1. The number of para-hydroxylation sites is 1. The van der Waals surface area contributed by atoms with E-state index in [-0.39, 0.29) is 12.3 Å². The van der Waals surface area contributed by atoms with E-state index in [0.29, 0.717) is 6.61 Å². The lowest BCUT2D eigenvalue weighted by Gasteiger charge is -2.38. The second-order valence-corrected chi connectivity index (χ2v) is 7.73. The van der Waals surface area contributed by atoms with Crippen molar-refractivity contribution in [3.63, 3.8) is 0 Å². The molecule has 3 aromatic carbocycles. The largest absolute Gasteiger partial charge is 0.497 e. The Labute approximate surface area is 188 Å². The van der Waals surface area contributed by atoms with Gasteiger partial charge in [-0.25, -0.2) is 5.01 Å². The van der Waals surface area contributed by atoms with Crippen LogP contribution in [0.25, 0.3) is 0 Å². The lowest BCUT2D eigenvalue weighted by atomic mass is 9.95. The molecule has 0 radical (unpaired) electrons. The van der Waals surface area contributed by atoms with Gasteiger partial charge in [0.15, 0.2) is 11.5 Å². The van der Waals surface area contributed by atoms with E-state index in [1.807, 2.05) is 55.5 Å². The minimum absolute atomic E-state index is 0.0579. The summed E-state index contributed by atoms with van der Waals surface area (Å²) in [5, 5.41) is 7.09. The molecule has 0 aromatic heterocycles. The van der Waals surface area contributed by atoms with Crippen molar-refractivity contribution < 1.29 is 18.9 Å². The Bertz CT molecular complexity index is 1130. The lowest BCUT2D eigenvalue weighted by molar-refractivity contribution is -0.0209. The molecule has 6 heteroatoms. The molecular formula is C26H26N2O4. The van der Waals surface area contributed by atoms with Crippen molar-refractivity contribution in [2.75, 3.05) is 20.8 Å². The lowest BCUT2D eigenvalue weighted by Crippen LogP contribution is -2.33. The normalized spacial score (nSPS) is 18.8. The minimum atomic E-state index is -0.366. The first-order chi connectivity index (χ1) is 15.7. The fourth-order valence-electron chi connectivity index (χ4n) is 4.32. The number of hydrogen-bond donors (Lipinski definition) is 0. The molecule has 2 aliphatic heterocycles. The maximum atomic E-state index is 6.50. The SMILES string of the molecule is CCOc1ccc(C2=NN3[C@H](C2)c2cccc(OC)c2O[C@H]3c2ccc(OC)cc2)cc1. The van der Waals surface area contributed by atoms with Crippen LogP contribution in [0.4, 0.5) is 0 Å². The summed E-state index contributed by atoms with van der Waals surface area (Å²) >= 11 is 0. The average molecular weight is 431 g/mol. The quantitative estimate of drug-likeness (QED) is 0.528. The average Bonchev–Trinajstić information content (AvgIpc) is 3.30. The van der Waals surface area contributed by atoms with E-state index in [1.165, 1.54) is 0 Å². The Balaban J connectivity index is 1.55. The molecule has 3 aromatic rings. The zero-order chi connectivity index (χ0) is 22.1.